The predicted molar refractivity (Wildman–Crippen MR) is 115 cm³/mol. The summed E-state index contributed by atoms with van der Waals surface area (Å²) in [6, 6.07) is 15.6. The molecule has 0 aliphatic heterocycles. The molecule has 1 saturated carbocycles. The highest BCUT2D eigenvalue weighted by Crippen LogP contribution is 2.28. The van der Waals surface area contributed by atoms with Gasteiger partial charge in [0.25, 0.3) is 0 Å². The summed E-state index contributed by atoms with van der Waals surface area (Å²) in [5, 5.41) is 2.99. The second-order valence-corrected chi connectivity index (χ2v) is 6.85. The number of aromatic nitrogens is 2. The normalized spacial score (nSPS) is 15.4. The number of aromatic amines is 1. The third kappa shape index (κ3) is 4.43. The molecule has 4 rings (SSSR count). The molecule has 0 bridgehead atoms. The van der Waals surface area contributed by atoms with E-state index in [2.05, 4.69) is 15.3 Å². The number of hydrogen-bond donors (Lipinski definition) is 3. The van der Waals surface area contributed by atoms with Gasteiger partial charge in [-0.05, 0) is 37.1 Å². The van der Waals surface area contributed by atoms with E-state index in [1.54, 1.807) is 0 Å². The van der Waals surface area contributed by atoms with E-state index in [4.69, 9.17) is 5.73 Å². The van der Waals surface area contributed by atoms with Crippen molar-refractivity contribution in [1.29, 1.82) is 0 Å². The summed E-state index contributed by atoms with van der Waals surface area (Å²) in [6.07, 6.45) is 4.70. The third-order valence-electron chi connectivity index (χ3n) is 4.98. The number of benzene rings is 2. The van der Waals surface area contributed by atoms with Gasteiger partial charge in [-0.2, -0.15) is 0 Å². The summed E-state index contributed by atoms with van der Waals surface area (Å²) in [4.78, 5) is 20.5. The molecule has 1 fully saturated rings. The van der Waals surface area contributed by atoms with Crippen molar-refractivity contribution in [2.24, 2.45) is 5.73 Å². The lowest BCUT2D eigenvalue weighted by Gasteiger charge is -2.31. The summed E-state index contributed by atoms with van der Waals surface area (Å²) >= 11 is 0. The standard InChI is InChI=1S/C20H22N4O.2ClH/c21-20(11-4-1-5-12-20)19(25)22-15-8-6-7-14(13-15)18-23-16-9-2-3-10-17(16)24-18;;/h2-3,6-10,13H,1,4-5,11-12,21H2,(H,22,25)(H,23,24);2*1H. The van der Waals surface area contributed by atoms with Gasteiger partial charge in [0.05, 0.1) is 16.6 Å². The lowest BCUT2D eigenvalue weighted by molar-refractivity contribution is -0.122. The van der Waals surface area contributed by atoms with E-state index < -0.39 is 5.54 Å². The van der Waals surface area contributed by atoms with E-state index in [9.17, 15) is 4.79 Å². The highest BCUT2D eigenvalue weighted by atomic mass is 35.5. The van der Waals surface area contributed by atoms with Gasteiger partial charge in [-0.15, -0.1) is 24.8 Å². The summed E-state index contributed by atoms with van der Waals surface area (Å²) < 4.78 is 0. The molecule has 0 atom stereocenters. The number of anilines is 1. The van der Waals surface area contributed by atoms with Crippen molar-refractivity contribution in [3.63, 3.8) is 0 Å². The second kappa shape index (κ2) is 8.74. The summed E-state index contributed by atoms with van der Waals surface area (Å²) in [5.41, 5.74) is 9.18. The molecule has 1 aromatic heterocycles. The number of amides is 1. The Bertz CT molecular complexity index is 886. The highest BCUT2D eigenvalue weighted by molar-refractivity contribution is 5.98. The maximum absolute atomic E-state index is 12.6. The largest absolute Gasteiger partial charge is 0.338 e. The van der Waals surface area contributed by atoms with Crippen LogP contribution in [-0.2, 0) is 4.79 Å². The minimum absolute atomic E-state index is 0. The van der Waals surface area contributed by atoms with Gasteiger partial charge < -0.3 is 16.0 Å². The number of rotatable bonds is 3. The number of carbonyl (C=O) groups is 1. The van der Waals surface area contributed by atoms with Gasteiger partial charge in [-0.1, -0.05) is 43.5 Å². The smallest absolute Gasteiger partial charge is 0.244 e. The Morgan fingerprint density at radius 3 is 2.52 bits per heavy atom. The first-order valence-electron chi connectivity index (χ1n) is 8.80. The van der Waals surface area contributed by atoms with Crippen LogP contribution in [0.2, 0.25) is 0 Å². The zero-order chi connectivity index (χ0) is 17.3. The molecule has 7 heteroatoms. The Balaban J connectivity index is 0.00000131. The molecule has 27 heavy (non-hydrogen) atoms. The summed E-state index contributed by atoms with van der Waals surface area (Å²) in [7, 11) is 0. The Morgan fingerprint density at radius 2 is 1.78 bits per heavy atom. The van der Waals surface area contributed by atoms with E-state index in [1.807, 2.05) is 48.5 Å². The van der Waals surface area contributed by atoms with Crippen LogP contribution in [0.15, 0.2) is 48.5 Å². The van der Waals surface area contributed by atoms with Gasteiger partial charge in [0.2, 0.25) is 5.91 Å². The van der Waals surface area contributed by atoms with Gasteiger partial charge in [0.1, 0.15) is 5.82 Å². The first kappa shape index (κ1) is 21.2. The van der Waals surface area contributed by atoms with Crippen molar-refractivity contribution in [2.45, 2.75) is 37.6 Å². The molecule has 0 radical (unpaired) electrons. The van der Waals surface area contributed by atoms with E-state index in [0.29, 0.717) is 0 Å². The molecule has 3 aromatic rings. The van der Waals surface area contributed by atoms with Crippen LogP contribution < -0.4 is 11.1 Å². The average molecular weight is 407 g/mol. The molecule has 0 unspecified atom stereocenters. The molecular formula is C20H24Cl2N4O. The van der Waals surface area contributed by atoms with Gasteiger partial charge >= 0.3 is 0 Å². The number of carbonyl (C=O) groups excluding carboxylic acids is 1. The highest BCUT2D eigenvalue weighted by Gasteiger charge is 2.35. The molecule has 1 heterocycles. The van der Waals surface area contributed by atoms with Gasteiger partial charge in [-0.3, -0.25) is 4.79 Å². The second-order valence-electron chi connectivity index (χ2n) is 6.85. The van der Waals surface area contributed by atoms with Crippen molar-refractivity contribution in [1.82, 2.24) is 9.97 Å². The zero-order valence-electron chi connectivity index (χ0n) is 14.9. The molecule has 1 amide bonds. The first-order chi connectivity index (χ1) is 12.1. The van der Waals surface area contributed by atoms with Crippen LogP contribution >= 0.6 is 24.8 Å². The molecule has 0 spiro atoms. The number of nitrogens with two attached hydrogens (primary N) is 1. The Morgan fingerprint density at radius 1 is 1.04 bits per heavy atom. The van der Waals surface area contributed by atoms with Crippen LogP contribution in [0, 0.1) is 0 Å². The zero-order valence-corrected chi connectivity index (χ0v) is 16.5. The Hall–Kier alpha value is -2.08. The van der Waals surface area contributed by atoms with Crippen molar-refractivity contribution in [2.75, 3.05) is 5.32 Å². The molecule has 1 aliphatic rings. The van der Waals surface area contributed by atoms with Crippen LogP contribution in [0.1, 0.15) is 32.1 Å². The Labute approximate surface area is 171 Å². The Kier molecular flexibility index (Phi) is 6.87. The number of imidazole rings is 1. The molecule has 0 saturated heterocycles. The van der Waals surface area contributed by atoms with Crippen LogP contribution in [0.3, 0.4) is 0 Å². The SMILES string of the molecule is Cl.Cl.NC1(C(=O)Nc2cccc(-c3nc4ccccc4[nH]3)c2)CCCCC1. The van der Waals surface area contributed by atoms with E-state index >= 15 is 0 Å². The van der Waals surface area contributed by atoms with Crippen LogP contribution in [-0.4, -0.2) is 21.4 Å². The maximum Gasteiger partial charge on any atom is 0.244 e. The minimum atomic E-state index is -0.742. The van der Waals surface area contributed by atoms with Gasteiger partial charge in [0, 0.05) is 11.3 Å². The van der Waals surface area contributed by atoms with E-state index in [1.165, 1.54) is 0 Å². The van der Waals surface area contributed by atoms with Crippen LogP contribution in [0.4, 0.5) is 5.69 Å². The number of H-pyrrole nitrogens is 1. The number of hydrogen-bond acceptors (Lipinski definition) is 3. The third-order valence-corrected chi connectivity index (χ3v) is 4.98. The fourth-order valence-corrected chi connectivity index (χ4v) is 3.50. The lowest BCUT2D eigenvalue weighted by atomic mass is 9.82. The first-order valence-corrected chi connectivity index (χ1v) is 8.80. The van der Waals surface area contributed by atoms with Crippen molar-refractivity contribution >= 4 is 47.4 Å². The van der Waals surface area contributed by atoms with Crippen molar-refractivity contribution < 1.29 is 4.79 Å². The number of fused-ring (bicyclic) bond motifs is 1. The number of para-hydroxylation sites is 2. The van der Waals surface area contributed by atoms with E-state index in [0.717, 1.165) is 60.2 Å². The van der Waals surface area contributed by atoms with Crippen molar-refractivity contribution in [3.05, 3.63) is 48.5 Å². The van der Waals surface area contributed by atoms with Gasteiger partial charge in [-0.25, -0.2) is 4.98 Å². The molecule has 4 N–H and O–H groups in total. The summed E-state index contributed by atoms with van der Waals surface area (Å²) in [6.45, 7) is 0. The minimum Gasteiger partial charge on any atom is -0.338 e. The molecule has 1 aliphatic carbocycles. The number of halogens is 2. The summed E-state index contributed by atoms with van der Waals surface area (Å²) in [5.74, 6) is 0.700. The van der Waals surface area contributed by atoms with E-state index in [-0.39, 0.29) is 30.7 Å². The maximum atomic E-state index is 12.6. The van der Waals surface area contributed by atoms with Crippen molar-refractivity contribution in [3.8, 4) is 11.4 Å². The monoisotopic (exact) mass is 406 g/mol. The predicted octanol–water partition coefficient (Wildman–Crippen LogP) is 4.67. The lowest BCUT2D eigenvalue weighted by Crippen LogP contribution is -2.52. The molecule has 144 valence electrons. The van der Waals surface area contributed by atoms with Crippen LogP contribution in [0.5, 0.6) is 0 Å². The average Bonchev–Trinajstić information content (AvgIpc) is 3.07. The van der Waals surface area contributed by atoms with Gasteiger partial charge in [0.15, 0.2) is 0 Å². The molecule has 2 aromatic carbocycles. The number of nitrogens with one attached hydrogen (secondary N) is 2. The fraction of sp³-hybridized carbons (Fsp3) is 0.300. The molecule has 5 nitrogen and oxygen atoms in total. The number of nitrogens with zero attached hydrogens (tertiary/aromatic N) is 1. The fourth-order valence-electron chi connectivity index (χ4n) is 3.50. The molecular weight excluding hydrogens is 383 g/mol. The van der Waals surface area contributed by atoms with Crippen LogP contribution in [0.25, 0.3) is 22.4 Å². The quantitative estimate of drug-likeness (QED) is 0.590. The topological polar surface area (TPSA) is 83.8 Å².